The Bertz CT molecular complexity index is 1120. The summed E-state index contributed by atoms with van der Waals surface area (Å²) in [5.74, 6) is -0.816. The Morgan fingerprint density at radius 1 is 1.19 bits per heavy atom. The van der Waals surface area contributed by atoms with Crippen LogP contribution in [0.5, 0.6) is 0 Å². The standard InChI is InChI=1S/C21H26N6O4/c1-3-4-12-26-18(22)17(19(29)23-21(26)31)25(2)20(30)15-10-11-16(28)27(24-15)13-14-8-6-5-7-9-14/h5-9H,3-4,10-13,22H2,1-2H3,(H,23,29,31). The number of unbranched alkanes of at least 4 members (excludes halogenated alkanes) is 1. The van der Waals surface area contributed by atoms with Gasteiger partial charge in [0.1, 0.15) is 11.5 Å². The fraction of sp³-hybridized carbons (Fsp3) is 0.381. The van der Waals surface area contributed by atoms with Gasteiger partial charge in [-0.3, -0.25) is 23.9 Å². The van der Waals surface area contributed by atoms with Gasteiger partial charge in [-0.1, -0.05) is 43.7 Å². The zero-order valence-electron chi connectivity index (χ0n) is 17.6. The summed E-state index contributed by atoms with van der Waals surface area (Å²) in [6.45, 7) is 2.53. The van der Waals surface area contributed by atoms with E-state index in [1.54, 1.807) is 0 Å². The van der Waals surface area contributed by atoms with Crippen molar-refractivity contribution >= 4 is 29.0 Å². The van der Waals surface area contributed by atoms with Gasteiger partial charge in [-0.15, -0.1) is 0 Å². The molecule has 2 aromatic rings. The number of aromatic amines is 1. The lowest BCUT2D eigenvalue weighted by atomic mass is 10.1. The van der Waals surface area contributed by atoms with Crippen LogP contribution in [0.2, 0.25) is 0 Å². The van der Waals surface area contributed by atoms with Crippen molar-refractivity contribution in [3.05, 3.63) is 56.7 Å². The lowest BCUT2D eigenvalue weighted by Gasteiger charge is -2.26. The minimum Gasteiger partial charge on any atom is -0.383 e. The first-order chi connectivity index (χ1) is 14.8. The van der Waals surface area contributed by atoms with Gasteiger partial charge in [-0.25, -0.2) is 9.80 Å². The number of carbonyl (C=O) groups excluding carboxylic acids is 2. The van der Waals surface area contributed by atoms with Crippen LogP contribution in [0.3, 0.4) is 0 Å². The van der Waals surface area contributed by atoms with Gasteiger partial charge in [-0.2, -0.15) is 5.10 Å². The summed E-state index contributed by atoms with van der Waals surface area (Å²) in [6, 6.07) is 9.32. The molecule has 0 spiro atoms. The van der Waals surface area contributed by atoms with Gasteiger partial charge in [-0.05, 0) is 12.0 Å². The van der Waals surface area contributed by atoms with Crippen LogP contribution in [0.1, 0.15) is 38.2 Å². The van der Waals surface area contributed by atoms with Crippen LogP contribution in [-0.4, -0.2) is 39.1 Å². The molecule has 2 heterocycles. The topological polar surface area (TPSA) is 134 Å². The minimum atomic E-state index is -0.750. The van der Waals surface area contributed by atoms with Crippen LogP contribution in [0.15, 0.2) is 45.0 Å². The van der Waals surface area contributed by atoms with Crippen molar-refractivity contribution in [2.75, 3.05) is 17.7 Å². The lowest BCUT2D eigenvalue weighted by Crippen LogP contribution is -2.43. The summed E-state index contributed by atoms with van der Waals surface area (Å²) in [5.41, 5.74) is 5.63. The highest BCUT2D eigenvalue weighted by Crippen LogP contribution is 2.19. The SMILES string of the molecule is CCCCn1c(N)c(N(C)C(=O)C2=NN(Cc3ccccc3)C(=O)CC2)c(=O)[nH]c1=O. The maximum atomic E-state index is 13.1. The molecule has 0 radical (unpaired) electrons. The van der Waals surface area contributed by atoms with E-state index in [1.807, 2.05) is 37.3 Å². The van der Waals surface area contributed by atoms with Gasteiger partial charge in [0.25, 0.3) is 11.5 Å². The number of nitrogens with zero attached hydrogens (tertiary/aromatic N) is 4. The Labute approximate surface area is 179 Å². The Kier molecular flexibility index (Phi) is 6.68. The molecule has 3 N–H and O–H groups in total. The maximum Gasteiger partial charge on any atom is 0.330 e. The van der Waals surface area contributed by atoms with Crippen LogP contribution in [0.25, 0.3) is 0 Å². The highest BCUT2D eigenvalue weighted by atomic mass is 16.2. The number of amides is 2. The normalized spacial score (nSPS) is 13.8. The van der Waals surface area contributed by atoms with E-state index in [0.29, 0.717) is 13.0 Å². The Morgan fingerprint density at radius 2 is 1.90 bits per heavy atom. The molecule has 1 aliphatic rings. The third-order valence-corrected chi connectivity index (χ3v) is 5.12. The molecule has 1 aromatic carbocycles. The molecular weight excluding hydrogens is 400 g/mol. The summed E-state index contributed by atoms with van der Waals surface area (Å²) in [4.78, 5) is 53.2. The van der Waals surface area contributed by atoms with Crippen molar-refractivity contribution in [1.82, 2.24) is 14.6 Å². The first kappa shape index (κ1) is 22.0. The molecule has 1 aliphatic heterocycles. The van der Waals surface area contributed by atoms with Crippen molar-refractivity contribution in [1.29, 1.82) is 0 Å². The quantitative estimate of drug-likeness (QED) is 0.683. The van der Waals surface area contributed by atoms with Crippen molar-refractivity contribution in [3.8, 4) is 0 Å². The number of nitrogen functional groups attached to an aromatic ring is 1. The smallest absolute Gasteiger partial charge is 0.330 e. The van der Waals surface area contributed by atoms with Gasteiger partial charge in [0.05, 0.1) is 6.54 Å². The molecule has 3 rings (SSSR count). The molecule has 31 heavy (non-hydrogen) atoms. The predicted molar refractivity (Wildman–Crippen MR) is 118 cm³/mol. The molecule has 10 nitrogen and oxygen atoms in total. The van der Waals surface area contributed by atoms with Gasteiger partial charge in [0, 0.05) is 26.4 Å². The van der Waals surface area contributed by atoms with E-state index in [0.717, 1.165) is 16.9 Å². The number of aromatic nitrogens is 2. The van der Waals surface area contributed by atoms with E-state index >= 15 is 0 Å². The van der Waals surface area contributed by atoms with Gasteiger partial charge in [0.2, 0.25) is 5.91 Å². The number of nitrogens with two attached hydrogens (primary N) is 1. The van der Waals surface area contributed by atoms with E-state index < -0.39 is 17.2 Å². The number of carbonyl (C=O) groups is 2. The number of benzene rings is 1. The number of hydrazone groups is 1. The third-order valence-electron chi connectivity index (χ3n) is 5.12. The van der Waals surface area contributed by atoms with Gasteiger partial charge in [0.15, 0.2) is 5.69 Å². The number of H-pyrrole nitrogens is 1. The number of hydrogen-bond donors (Lipinski definition) is 2. The summed E-state index contributed by atoms with van der Waals surface area (Å²) in [7, 11) is 1.40. The Morgan fingerprint density at radius 3 is 2.58 bits per heavy atom. The molecule has 0 aliphatic carbocycles. The Balaban J connectivity index is 1.90. The second-order valence-corrected chi connectivity index (χ2v) is 7.35. The average Bonchev–Trinajstić information content (AvgIpc) is 2.75. The van der Waals surface area contributed by atoms with Gasteiger partial charge < -0.3 is 10.6 Å². The first-order valence-electron chi connectivity index (χ1n) is 10.2. The zero-order valence-corrected chi connectivity index (χ0v) is 17.6. The molecule has 0 unspecified atom stereocenters. The van der Waals surface area contributed by atoms with E-state index in [4.69, 9.17) is 5.73 Å². The molecule has 164 valence electrons. The third kappa shape index (κ3) is 4.73. The molecule has 0 bridgehead atoms. The minimum absolute atomic E-state index is 0.0772. The van der Waals surface area contributed by atoms with Crippen LogP contribution in [0.4, 0.5) is 11.5 Å². The van der Waals surface area contributed by atoms with E-state index in [2.05, 4.69) is 10.1 Å². The monoisotopic (exact) mass is 426 g/mol. The highest BCUT2D eigenvalue weighted by Gasteiger charge is 2.29. The van der Waals surface area contributed by atoms with Crippen LogP contribution in [-0.2, 0) is 22.7 Å². The Hall–Kier alpha value is -3.69. The lowest BCUT2D eigenvalue weighted by molar-refractivity contribution is -0.132. The summed E-state index contributed by atoms with van der Waals surface area (Å²) >= 11 is 0. The molecule has 0 atom stereocenters. The molecule has 1 aromatic heterocycles. The fourth-order valence-electron chi connectivity index (χ4n) is 3.37. The van der Waals surface area contributed by atoms with Gasteiger partial charge >= 0.3 is 5.69 Å². The van der Waals surface area contributed by atoms with Crippen LogP contribution in [0, 0.1) is 0 Å². The number of hydrogen-bond acceptors (Lipinski definition) is 6. The number of nitrogens with one attached hydrogen (secondary N) is 1. The van der Waals surface area contributed by atoms with Crippen molar-refractivity contribution < 1.29 is 9.59 Å². The van der Waals surface area contributed by atoms with Crippen molar-refractivity contribution in [2.24, 2.45) is 5.10 Å². The molecular formula is C21H26N6O4. The van der Waals surface area contributed by atoms with Crippen LogP contribution >= 0.6 is 0 Å². The second kappa shape index (κ2) is 9.41. The highest BCUT2D eigenvalue weighted by molar-refractivity contribution is 6.44. The largest absolute Gasteiger partial charge is 0.383 e. The second-order valence-electron chi connectivity index (χ2n) is 7.35. The van der Waals surface area contributed by atoms with Crippen LogP contribution < -0.4 is 21.9 Å². The number of rotatable bonds is 7. The summed E-state index contributed by atoms with van der Waals surface area (Å²) < 4.78 is 1.25. The fourth-order valence-corrected chi connectivity index (χ4v) is 3.37. The molecule has 0 saturated carbocycles. The molecule has 0 fully saturated rings. The van der Waals surface area contributed by atoms with Crippen molar-refractivity contribution in [3.63, 3.8) is 0 Å². The summed E-state index contributed by atoms with van der Waals surface area (Å²) in [5, 5.41) is 5.50. The van der Waals surface area contributed by atoms with E-state index in [9.17, 15) is 19.2 Å². The molecule has 0 saturated heterocycles. The van der Waals surface area contributed by atoms with Crippen molar-refractivity contribution in [2.45, 2.75) is 45.7 Å². The van der Waals surface area contributed by atoms with E-state index in [1.165, 1.54) is 16.6 Å². The maximum absolute atomic E-state index is 13.1. The summed E-state index contributed by atoms with van der Waals surface area (Å²) in [6.07, 6.45) is 1.81. The molecule has 10 heteroatoms. The molecule has 2 amide bonds. The number of anilines is 2. The first-order valence-corrected chi connectivity index (χ1v) is 10.2. The average molecular weight is 426 g/mol. The van der Waals surface area contributed by atoms with E-state index in [-0.39, 0.29) is 42.5 Å². The predicted octanol–water partition coefficient (Wildman–Crippen LogP) is 1.06. The zero-order chi connectivity index (χ0) is 22.5.